The average molecular weight is 344 g/mol. The number of carbonyl (C=O) groups excluding carboxylic acids is 2. The van der Waals surface area contributed by atoms with Gasteiger partial charge in [0.05, 0.1) is 12.1 Å². The first-order valence-corrected chi connectivity index (χ1v) is 7.60. The molecule has 0 radical (unpaired) electrons. The lowest BCUT2D eigenvalue weighted by molar-refractivity contribution is -0.157. The van der Waals surface area contributed by atoms with E-state index in [1.807, 2.05) is 6.92 Å². The number of hydrogen-bond acceptors (Lipinski definition) is 3. The summed E-state index contributed by atoms with van der Waals surface area (Å²) in [4.78, 5) is 28.3. The van der Waals surface area contributed by atoms with Crippen molar-refractivity contribution in [1.29, 1.82) is 0 Å². The minimum absolute atomic E-state index is 0.129. The zero-order chi connectivity index (χ0) is 17.7. The summed E-state index contributed by atoms with van der Waals surface area (Å²) in [6, 6.07) is 2.17. The van der Waals surface area contributed by atoms with Crippen LogP contribution in [-0.2, 0) is 4.79 Å². The largest absolute Gasteiger partial charge is 0.406 e. The second-order valence-corrected chi connectivity index (χ2v) is 5.65. The second kappa shape index (κ2) is 7.50. The first kappa shape index (κ1) is 18.0. The Balaban J connectivity index is 1.87. The van der Waals surface area contributed by atoms with E-state index in [4.69, 9.17) is 0 Å². The van der Waals surface area contributed by atoms with Crippen LogP contribution < -0.4 is 10.6 Å². The number of hydrogen-bond donors (Lipinski definition) is 2. The smallest absolute Gasteiger partial charge is 0.333 e. The summed E-state index contributed by atoms with van der Waals surface area (Å²) < 4.78 is 37.1. The van der Waals surface area contributed by atoms with Crippen LogP contribution in [0.3, 0.4) is 0 Å². The number of carbonyl (C=O) groups is 2. The molecule has 24 heavy (non-hydrogen) atoms. The molecule has 2 unspecified atom stereocenters. The van der Waals surface area contributed by atoms with Gasteiger partial charge in [0, 0.05) is 25.4 Å². The molecule has 0 bridgehead atoms. The third-order valence-electron chi connectivity index (χ3n) is 3.74. The molecule has 1 aromatic rings. The van der Waals surface area contributed by atoms with Crippen molar-refractivity contribution >= 4 is 11.9 Å². The maximum absolute atomic E-state index is 12.4. The van der Waals surface area contributed by atoms with Gasteiger partial charge in [-0.25, -0.2) is 4.79 Å². The molecule has 3 amide bonds. The van der Waals surface area contributed by atoms with Crippen LogP contribution >= 0.6 is 0 Å². The highest BCUT2D eigenvalue weighted by Gasteiger charge is 2.38. The number of nitrogens with zero attached hydrogens (tertiary/aromatic N) is 2. The van der Waals surface area contributed by atoms with Gasteiger partial charge in [-0.3, -0.25) is 9.78 Å². The standard InChI is InChI=1S/C15H19F3N4O2/c1-2-12(10-3-5-19-6-4-10)21-14(24)20-11-7-13(23)22(8-11)9-15(16,17)18/h3-6,11-12H,2,7-9H2,1H3,(H2,20,21,24). The summed E-state index contributed by atoms with van der Waals surface area (Å²) in [6.07, 6.45) is -0.706. The van der Waals surface area contributed by atoms with E-state index in [-0.39, 0.29) is 19.0 Å². The Morgan fingerprint density at radius 2 is 2.08 bits per heavy atom. The highest BCUT2D eigenvalue weighted by Crippen LogP contribution is 2.21. The quantitative estimate of drug-likeness (QED) is 0.858. The molecule has 6 nitrogen and oxygen atoms in total. The van der Waals surface area contributed by atoms with Crippen molar-refractivity contribution in [2.75, 3.05) is 13.1 Å². The van der Waals surface area contributed by atoms with Gasteiger partial charge >= 0.3 is 12.2 Å². The first-order valence-electron chi connectivity index (χ1n) is 7.60. The van der Waals surface area contributed by atoms with Crippen LogP contribution in [0.25, 0.3) is 0 Å². The summed E-state index contributed by atoms with van der Waals surface area (Å²) in [7, 11) is 0. The van der Waals surface area contributed by atoms with Gasteiger partial charge in [0.2, 0.25) is 5.91 Å². The fourth-order valence-electron chi connectivity index (χ4n) is 2.64. The molecule has 0 saturated carbocycles. The van der Waals surface area contributed by atoms with Crippen LogP contribution in [0.15, 0.2) is 24.5 Å². The molecule has 0 spiro atoms. The molecule has 9 heteroatoms. The van der Waals surface area contributed by atoms with Crippen LogP contribution in [0.1, 0.15) is 31.4 Å². The fourth-order valence-corrected chi connectivity index (χ4v) is 2.64. The van der Waals surface area contributed by atoms with Gasteiger partial charge in [-0.1, -0.05) is 6.92 Å². The normalized spacial score (nSPS) is 19.2. The number of nitrogens with one attached hydrogen (secondary N) is 2. The Labute approximate surface area is 137 Å². The van der Waals surface area contributed by atoms with Gasteiger partial charge in [0.25, 0.3) is 0 Å². The van der Waals surface area contributed by atoms with Crippen molar-refractivity contribution in [1.82, 2.24) is 20.5 Å². The number of alkyl halides is 3. The van der Waals surface area contributed by atoms with E-state index in [0.29, 0.717) is 11.3 Å². The summed E-state index contributed by atoms with van der Waals surface area (Å²) in [5.41, 5.74) is 0.879. The molecule has 1 saturated heterocycles. The Morgan fingerprint density at radius 3 is 2.67 bits per heavy atom. The molecule has 1 aliphatic rings. The monoisotopic (exact) mass is 344 g/mol. The minimum Gasteiger partial charge on any atom is -0.333 e. The predicted molar refractivity (Wildman–Crippen MR) is 80.0 cm³/mol. The maximum Gasteiger partial charge on any atom is 0.406 e. The second-order valence-electron chi connectivity index (χ2n) is 5.65. The zero-order valence-electron chi connectivity index (χ0n) is 13.1. The fraction of sp³-hybridized carbons (Fsp3) is 0.533. The molecular weight excluding hydrogens is 325 g/mol. The number of urea groups is 1. The SMILES string of the molecule is CCC(NC(=O)NC1CC(=O)N(CC(F)(F)F)C1)c1ccncc1. The number of pyridine rings is 1. The lowest BCUT2D eigenvalue weighted by Gasteiger charge is -2.21. The third-order valence-corrected chi connectivity index (χ3v) is 3.74. The number of aromatic nitrogens is 1. The van der Waals surface area contributed by atoms with Gasteiger partial charge in [-0.05, 0) is 24.1 Å². The first-order chi connectivity index (χ1) is 11.3. The van der Waals surface area contributed by atoms with Crippen LogP contribution in [0.5, 0.6) is 0 Å². The molecular formula is C15H19F3N4O2. The van der Waals surface area contributed by atoms with E-state index in [0.717, 1.165) is 5.56 Å². The van der Waals surface area contributed by atoms with E-state index < -0.39 is 30.7 Å². The van der Waals surface area contributed by atoms with Crippen LogP contribution in [0.4, 0.5) is 18.0 Å². The Morgan fingerprint density at radius 1 is 1.42 bits per heavy atom. The van der Waals surface area contributed by atoms with Crippen molar-refractivity contribution < 1.29 is 22.8 Å². The molecule has 132 valence electrons. The van der Waals surface area contributed by atoms with Crippen molar-refractivity contribution in [3.05, 3.63) is 30.1 Å². The number of amides is 3. The van der Waals surface area contributed by atoms with Crippen molar-refractivity contribution in [3.8, 4) is 0 Å². The maximum atomic E-state index is 12.4. The lowest BCUT2D eigenvalue weighted by atomic mass is 10.1. The van der Waals surface area contributed by atoms with Gasteiger partial charge in [0.15, 0.2) is 0 Å². The third kappa shape index (κ3) is 5.10. The molecule has 0 aromatic carbocycles. The van der Waals surface area contributed by atoms with E-state index >= 15 is 0 Å². The number of likely N-dealkylation sites (tertiary alicyclic amines) is 1. The summed E-state index contributed by atoms with van der Waals surface area (Å²) in [5, 5.41) is 5.32. The van der Waals surface area contributed by atoms with Crippen LogP contribution in [0, 0.1) is 0 Å². The van der Waals surface area contributed by atoms with E-state index in [9.17, 15) is 22.8 Å². The lowest BCUT2D eigenvalue weighted by Crippen LogP contribution is -2.45. The minimum atomic E-state index is -4.44. The van der Waals surface area contributed by atoms with E-state index in [1.165, 1.54) is 0 Å². The molecule has 1 fully saturated rings. The summed E-state index contributed by atoms with van der Waals surface area (Å²) in [5.74, 6) is -0.612. The number of halogens is 3. The molecule has 0 aliphatic carbocycles. The highest BCUT2D eigenvalue weighted by molar-refractivity contribution is 5.81. The van der Waals surface area contributed by atoms with Crippen LogP contribution in [0.2, 0.25) is 0 Å². The van der Waals surface area contributed by atoms with Gasteiger partial charge in [0.1, 0.15) is 6.54 Å². The van der Waals surface area contributed by atoms with Crippen molar-refractivity contribution in [3.63, 3.8) is 0 Å². The molecule has 1 aliphatic heterocycles. The molecule has 2 atom stereocenters. The zero-order valence-corrected chi connectivity index (χ0v) is 13.1. The van der Waals surface area contributed by atoms with E-state index in [1.54, 1.807) is 24.5 Å². The highest BCUT2D eigenvalue weighted by atomic mass is 19.4. The Hall–Kier alpha value is -2.32. The average Bonchev–Trinajstić information content (AvgIpc) is 2.83. The van der Waals surface area contributed by atoms with Gasteiger partial charge in [-0.15, -0.1) is 0 Å². The topological polar surface area (TPSA) is 74.3 Å². The summed E-state index contributed by atoms with van der Waals surface area (Å²) in [6.45, 7) is 0.466. The molecule has 2 N–H and O–H groups in total. The Kier molecular flexibility index (Phi) is 5.63. The van der Waals surface area contributed by atoms with E-state index in [2.05, 4.69) is 15.6 Å². The molecule has 2 heterocycles. The van der Waals surface area contributed by atoms with Crippen molar-refractivity contribution in [2.24, 2.45) is 0 Å². The van der Waals surface area contributed by atoms with Crippen LogP contribution in [-0.4, -0.2) is 47.1 Å². The van der Waals surface area contributed by atoms with Gasteiger partial charge in [-0.2, -0.15) is 13.2 Å². The molecule has 2 rings (SSSR count). The van der Waals surface area contributed by atoms with Crippen molar-refractivity contribution in [2.45, 2.75) is 38.0 Å². The van der Waals surface area contributed by atoms with Gasteiger partial charge < -0.3 is 15.5 Å². The molecule has 1 aromatic heterocycles. The number of rotatable bonds is 5. The summed E-state index contributed by atoms with van der Waals surface area (Å²) >= 11 is 0. The predicted octanol–water partition coefficient (Wildman–Crippen LogP) is 2.00. The Bertz CT molecular complexity index is 580.